The number of nitrogens with zero attached hydrogens (tertiary/aromatic N) is 2. The van der Waals surface area contributed by atoms with Crippen LogP contribution >= 0.6 is 0 Å². The molecule has 8 nitrogen and oxygen atoms in total. The highest BCUT2D eigenvalue weighted by Crippen LogP contribution is 2.20. The molecule has 29 heavy (non-hydrogen) atoms. The van der Waals surface area contributed by atoms with Crippen molar-refractivity contribution in [2.75, 3.05) is 13.2 Å². The number of pyridine rings is 1. The van der Waals surface area contributed by atoms with Crippen LogP contribution in [0, 0.1) is 6.92 Å². The van der Waals surface area contributed by atoms with Crippen molar-refractivity contribution in [3.63, 3.8) is 0 Å². The molecule has 0 radical (unpaired) electrons. The van der Waals surface area contributed by atoms with E-state index in [-0.39, 0.29) is 6.10 Å². The molecule has 0 spiro atoms. The Morgan fingerprint density at radius 1 is 1.17 bits per heavy atom. The zero-order valence-corrected chi connectivity index (χ0v) is 16.1. The minimum Gasteiger partial charge on any atom is -0.490 e. The number of hydrogen-bond donors (Lipinski definition) is 2. The summed E-state index contributed by atoms with van der Waals surface area (Å²) in [5, 5.41) is 0. The van der Waals surface area contributed by atoms with Gasteiger partial charge in [-0.2, -0.15) is 0 Å². The lowest BCUT2D eigenvalue weighted by atomic mass is 10.2. The number of nitrogens with one attached hydrogen (secondary N) is 2. The Balaban J connectivity index is 1.43. The minimum atomic E-state index is -0.465. The van der Waals surface area contributed by atoms with Crippen molar-refractivity contribution in [3.05, 3.63) is 65.6 Å². The van der Waals surface area contributed by atoms with Crippen molar-refractivity contribution in [1.82, 2.24) is 20.2 Å². The molecule has 1 aliphatic heterocycles. The average Bonchev–Trinajstić information content (AvgIpc) is 3.37. The van der Waals surface area contributed by atoms with Crippen LogP contribution in [0.25, 0.3) is 5.65 Å². The maximum absolute atomic E-state index is 12.6. The highest BCUT2D eigenvalue weighted by atomic mass is 16.5. The molecule has 1 unspecified atom stereocenters. The number of aryl methyl sites for hydroxylation is 1. The van der Waals surface area contributed by atoms with Crippen LogP contribution in [0.5, 0.6) is 5.75 Å². The molecule has 3 heterocycles. The summed E-state index contributed by atoms with van der Waals surface area (Å²) in [4.78, 5) is 29.6. The number of aromatic nitrogens is 2. The predicted molar refractivity (Wildman–Crippen MR) is 106 cm³/mol. The van der Waals surface area contributed by atoms with E-state index in [4.69, 9.17) is 9.47 Å². The Morgan fingerprint density at radius 3 is 2.79 bits per heavy atom. The fourth-order valence-corrected chi connectivity index (χ4v) is 3.37. The van der Waals surface area contributed by atoms with E-state index in [1.807, 2.05) is 18.2 Å². The first-order valence-electron chi connectivity index (χ1n) is 9.51. The van der Waals surface area contributed by atoms with Crippen LogP contribution in [0.3, 0.4) is 0 Å². The Morgan fingerprint density at radius 2 is 1.97 bits per heavy atom. The number of fused-ring (bicyclic) bond motifs is 1. The minimum absolute atomic E-state index is 0.0453. The van der Waals surface area contributed by atoms with Crippen LogP contribution in [0.1, 0.15) is 39.4 Å². The number of benzene rings is 1. The maximum Gasteiger partial charge on any atom is 0.288 e. The number of hydrazine groups is 1. The van der Waals surface area contributed by atoms with Gasteiger partial charge in [0.2, 0.25) is 0 Å². The first-order chi connectivity index (χ1) is 14.1. The zero-order chi connectivity index (χ0) is 20.2. The van der Waals surface area contributed by atoms with Gasteiger partial charge in [-0.25, -0.2) is 4.98 Å². The Hall–Kier alpha value is -3.39. The second kappa shape index (κ2) is 8.32. The molecule has 2 amide bonds. The number of rotatable bonds is 5. The quantitative estimate of drug-likeness (QED) is 0.648. The van der Waals surface area contributed by atoms with Gasteiger partial charge >= 0.3 is 0 Å². The third-order valence-corrected chi connectivity index (χ3v) is 4.79. The Kier molecular flexibility index (Phi) is 5.44. The lowest BCUT2D eigenvalue weighted by molar-refractivity contribution is 0.0669. The summed E-state index contributed by atoms with van der Waals surface area (Å²) in [7, 11) is 0. The second-order valence-electron chi connectivity index (χ2n) is 6.83. The summed E-state index contributed by atoms with van der Waals surface area (Å²) in [6, 6.07) is 12.4. The summed E-state index contributed by atoms with van der Waals surface area (Å²) in [5.41, 5.74) is 6.85. The number of carbonyl (C=O) groups excluding carboxylic acids is 2. The van der Waals surface area contributed by atoms with Gasteiger partial charge in [-0.15, -0.1) is 0 Å². The van der Waals surface area contributed by atoms with Crippen LogP contribution < -0.4 is 15.6 Å². The zero-order valence-electron chi connectivity index (χ0n) is 16.1. The molecule has 2 aromatic heterocycles. The van der Waals surface area contributed by atoms with Gasteiger partial charge in [0, 0.05) is 12.8 Å². The molecule has 0 bridgehead atoms. The van der Waals surface area contributed by atoms with E-state index in [9.17, 15) is 9.59 Å². The van der Waals surface area contributed by atoms with E-state index in [1.54, 1.807) is 41.8 Å². The first-order valence-corrected chi connectivity index (χ1v) is 9.51. The summed E-state index contributed by atoms with van der Waals surface area (Å²) in [6.07, 6.45) is 3.76. The highest BCUT2D eigenvalue weighted by Gasteiger charge is 2.20. The maximum atomic E-state index is 12.6. The van der Waals surface area contributed by atoms with E-state index in [0.717, 1.165) is 19.4 Å². The largest absolute Gasteiger partial charge is 0.490 e. The molecule has 1 fully saturated rings. The molecule has 150 valence electrons. The average molecular weight is 394 g/mol. The second-order valence-corrected chi connectivity index (χ2v) is 6.83. The number of ether oxygens (including phenoxy) is 2. The molecule has 1 aliphatic rings. The molecule has 1 atom stereocenters. The number of carbonyl (C=O) groups is 2. The molecular weight excluding hydrogens is 372 g/mol. The van der Waals surface area contributed by atoms with Crippen LogP contribution in [-0.4, -0.2) is 40.5 Å². The molecule has 3 aromatic rings. The third kappa shape index (κ3) is 4.07. The van der Waals surface area contributed by atoms with Gasteiger partial charge in [0.15, 0.2) is 0 Å². The Bertz CT molecular complexity index is 1040. The molecular formula is C21H22N4O4. The van der Waals surface area contributed by atoms with E-state index in [0.29, 0.717) is 35.0 Å². The van der Waals surface area contributed by atoms with Crippen LogP contribution in [0.4, 0.5) is 0 Å². The van der Waals surface area contributed by atoms with E-state index < -0.39 is 11.8 Å². The Labute approximate surface area is 167 Å². The topological polar surface area (TPSA) is 94.0 Å². The predicted octanol–water partition coefficient (Wildman–Crippen LogP) is 2.28. The molecule has 2 N–H and O–H groups in total. The standard InChI is InChI=1S/C21H22N4O4/c1-14-19(25-11-5-4-10-18(25)22-14)21(27)24-23-20(26)16-8-2-3-9-17(16)29-13-15-7-6-12-28-15/h2-5,8-11,15H,6-7,12-13H2,1H3,(H,23,26)(H,24,27). The fraction of sp³-hybridized carbons (Fsp3) is 0.286. The molecule has 1 saturated heterocycles. The van der Waals surface area contributed by atoms with Crippen molar-refractivity contribution < 1.29 is 19.1 Å². The normalized spacial score (nSPS) is 16.0. The van der Waals surface area contributed by atoms with Gasteiger partial charge in [0.1, 0.15) is 23.7 Å². The lowest BCUT2D eigenvalue weighted by Gasteiger charge is -2.15. The third-order valence-electron chi connectivity index (χ3n) is 4.79. The van der Waals surface area contributed by atoms with Crippen LogP contribution in [0.15, 0.2) is 48.7 Å². The van der Waals surface area contributed by atoms with Crippen molar-refractivity contribution in [2.45, 2.75) is 25.9 Å². The first kappa shape index (κ1) is 18.9. The fourth-order valence-electron chi connectivity index (χ4n) is 3.37. The van der Waals surface area contributed by atoms with Gasteiger partial charge in [-0.05, 0) is 44.0 Å². The van der Waals surface area contributed by atoms with Gasteiger partial charge < -0.3 is 9.47 Å². The van der Waals surface area contributed by atoms with Crippen molar-refractivity contribution in [2.24, 2.45) is 0 Å². The smallest absolute Gasteiger partial charge is 0.288 e. The van der Waals surface area contributed by atoms with E-state index in [2.05, 4.69) is 15.8 Å². The molecule has 4 rings (SSSR count). The number of para-hydroxylation sites is 1. The summed E-state index contributed by atoms with van der Waals surface area (Å²) < 4.78 is 13.0. The number of amides is 2. The van der Waals surface area contributed by atoms with Crippen molar-refractivity contribution >= 4 is 17.5 Å². The van der Waals surface area contributed by atoms with Crippen molar-refractivity contribution in [3.8, 4) is 5.75 Å². The molecule has 0 saturated carbocycles. The van der Waals surface area contributed by atoms with Crippen LogP contribution in [0.2, 0.25) is 0 Å². The van der Waals surface area contributed by atoms with Crippen molar-refractivity contribution in [1.29, 1.82) is 0 Å². The van der Waals surface area contributed by atoms with E-state index >= 15 is 0 Å². The van der Waals surface area contributed by atoms with Gasteiger partial charge in [-0.1, -0.05) is 18.2 Å². The monoisotopic (exact) mass is 394 g/mol. The van der Waals surface area contributed by atoms with E-state index in [1.165, 1.54) is 0 Å². The highest BCUT2D eigenvalue weighted by molar-refractivity contribution is 6.00. The number of imidazole rings is 1. The summed E-state index contributed by atoms with van der Waals surface area (Å²) in [6.45, 7) is 2.88. The summed E-state index contributed by atoms with van der Waals surface area (Å²) >= 11 is 0. The van der Waals surface area contributed by atoms with Gasteiger partial charge in [-0.3, -0.25) is 24.8 Å². The van der Waals surface area contributed by atoms with Gasteiger partial charge in [0.25, 0.3) is 11.8 Å². The summed E-state index contributed by atoms with van der Waals surface area (Å²) in [5.74, 6) is -0.471. The molecule has 0 aliphatic carbocycles. The van der Waals surface area contributed by atoms with Crippen LogP contribution in [-0.2, 0) is 4.74 Å². The number of hydrogen-bond acceptors (Lipinski definition) is 5. The molecule has 8 heteroatoms. The SMILES string of the molecule is Cc1nc2ccccn2c1C(=O)NNC(=O)c1ccccc1OCC1CCCO1. The van der Waals surface area contributed by atoms with Gasteiger partial charge in [0.05, 0.1) is 17.4 Å². The molecule has 1 aromatic carbocycles. The lowest BCUT2D eigenvalue weighted by Crippen LogP contribution is -2.42.